The van der Waals surface area contributed by atoms with Crippen LogP contribution >= 0.6 is 0 Å². The molecule has 0 amide bonds. The number of hydrogen-bond donors (Lipinski definition) is 2. The lowest BCUT2D eigenvalue weighted by atomic mass is 10.2. The number of nitrogens with two attached hydrogens (primary N) is 1. The number of sulfonamides is 1. The van der Waals surface area contributed by atoms with Crippen molar-refractivity contribution in [1.82, 2.24) is 0 Å². The van der Waals surface area contributed by atoms with Crippen molar-refractivity contribution in [3.05, 3.63) is 54.1 Å². The predicted molar refractivity (Wildman–Crippen MR) is 72.5 cm³/mol. The lowest BCUT2D eigenvalue weighted by molar-refractivity contribution is -0.137. The van der Waals surface area contributed by atoms with Gasteiger partial charge in [-0.3, -0.25) is 0 Å². The highest BCUT2D eigenvalue weighted by Gasteiger charge is 2.30. The lowest BCUT2D eigenvalue weighted by Gasteiger charge is -2.11. The zero-order chi connectivity index (χ0) is 15.7. The second-order valence-electron chi connectivity index (χ2n) is 4.27. The van der Waals surface area contributed by atoms with E-state index in [0.717, 1.165) is 12.1 Å². The van der Waals surface area contributed by atoms with Crippen LogP contribution in [0.25, 0.3) is 0 Å². The van der Waals surface area contributed by atoms with Crippen molar-refractivity contribution in [3.8, 4) is 0 Å². The SMILES string of the molecule is NS(=O)(=O)c1ccc(Nc2cccc(C(F)(F)F)c2)cc1. The molecule has 2 aromatic rings. The van der Waals surface area contributed by atoms with Crippen LogP contribution in [-0.4, -0.2) is 8.42 Å². The number of primary sulfonamides is 1. The van der Waals surface area contributed by atoms with Crippen LogP contribution in [-0.2, 0) is 16.2 Å². The second kappa shape index (κ2) is 5.38. The Kier molecular flexibility index (Phi) is 3.93. The smallest absolute Gasteiger partial charge is 0.356 e. The molecule has 112 valence electrons. The van der Waals surface area contributed by atoms with E-state index in [1.807, 2.05) is 0 Å². The number of rotatable bonds is 3. The van der Waals surface area contributed by atoms with Crippen molar-refractivity contribution in [2.45, 2.75) is 11.1 Å². The van der Waals surface area contributed by atoms with Crippen molar-refractivity contribution >= 4 is 21.4 Å². The van der Waals surface area contributed by atoms with Gasteiger partial charge in [0.1, 0.15) is 0 Å². The summed E-state index contributed by atoms with van der Waals surface area (Å²) in [5, 5.41) is 7.71. The first-order valence-corrected chi connectivity index (χ1v) is 7.28. The Hall–Kier alpha value is -2.06. The summed E-state index contributed by atoms with van der Waals surface area (Å²) < 4.78 is 59.9. The van der Waals surface area contributed by atoms with E-state index in [0.29, 0.717) is 5.69 Å². The maximum Gasteiger partial charge on any atom is 0.416 e. The largest absolute Gasteiger partial charge is 0.416 e. The maximum atomic E-state index is 12.6. The molecule has 2 aromatic carbocycles. The van der Waals surface area contributed by atoms with Gasteiger partial charge in [-0.05, 0) is 42.5 Å². The van der Waals surface area contributed by atoms with Crippen molar-refractivity contribution < 1.29 is 21.6 Å². The molecule has 0 aliphatic heterocycles. The maximum absolute atomic E-state index is 12.6. The van der Waals surface area contributed by atoms with E-state index in [9.17, 15) is 21.6 Å². The molecule has 21 heavy (non-hydrogen) atoms. The Balaban J connectivity index is 2.23. The molecular formula is C13H11F3N2O2S. The second-order valence-corrected chi connectivity index (χ2v) is 5.83. The molecule has 0 bridgehead atoms. The predicted octanol–water partition coefficient (Wildman–Crippen LogP) is 3.10. The molecule has 0 aliphatic carbocycles. The summed E-state index contributed by atoms with van der Waals surface area (Å²) in [6, 6.07) is 10.1. The monoisotopic (exact) mass is 316 g/mol. The van der Waals surface area contributed by atoms with Crippen LogP contribution in [0.1, 0.15) is 5.56 Å². The topological polar surface area (TPSA) is 72.2 Å². The molecule has 0 saturated heterocycles. The summed E-state index contributed by atoms with van der Waals surface area (Å²) in [5.41, 5.74) is -0.0800. The average molecular weight is 316 g/mol. The molecule has 0 radical (unpaired) electrons. The highest BCUT2D eigenvalue weighted by molar-refractivity contribution is 7.89. The third-order valence-corrected chi connectivity index (χ3v) is 3.59. The fourth-order valence-electron chi connectivity index (χ4n) is 1.67. The fraction of sp³-hybridized carbons (Fsp3) is 0.0769. The molecule has 0 fully saturated rings. The Morgan fingerprint density at radius 2 is 1.57 bits per heavy atom. The summed E-state index contributed by atoms with van der Waals surface area (Å²) in [6.07, 6.45) is -4.42. The first-order chi connectivity index (χ1) is 9.66. The van der Waals surface area contributed by atoms with Crippen molar-refractivity contribution in [2.75, 3.05) is 5.32 Å². The zero-order valence-electron chi connectivity index (χ0n) is 10.6. The molecule has 0 aromatic heterocycles. The van der Waals surface area contributed by atoms with E-state index in [1.54, 1.807) is 0 Å². The van der Waals surface area contributed by atoms with E-state index in [1.165, 1.54) is 36.4 Å². The molecule has 2 rings (SSSR count). The van der Waals surface area contributed by atoms with Gasteiger partial charge in [-0.25, -0.2) is 13.6 Å². The van der Waals surface area contributed by atoms with Crippen molar-refractivity contribution in [1.29, 1.82) is 0 Å². The Morgan fingerprint density at radius 1 is 0.952 bits per heavy atom. The molecule has 3 N–H and O–H groups in total. The average Bonchev–Trinajstić information content (AvgIpc) is 2.37. The van der Waals surface area contributed by atoms with Crippen LogP contribution in [0.15, 0.2) is 53.4 Å². The minimum absolute atomic E-state index is 0.0721. The summed E-state index contributed by atoms with van der Waals surface area (Å²) in [6.45, 7) is 0. The molecule has 0 unspecified atom stereocenters. The van der Waals surface area contributed by atoms with Gasteiger partial charge in [0.05, 0.1) is 10.5 Å². The normalized spacial score (nSPS) is 12.2. The fourth-order valence-corrected chi connectivity index (χ4v) is 2.18. The lowest BCUT2D eigenvalue weighted by Crippen LogP contribution is -2.11. The van der Waals surface area contributed by atoms with Gasteiger partial charge in [0.25, 0.3) is 0 Å². The van der Waals surface area contributed by atoms with Crippen LogP contribution in [0, 0.1) is 0 Å². The van der Waals surface area contributed by atoms with Gasteiger partial charge in [0.15, 0.2) is 0 Å². The van der Waals surface area contributed by atoms with Crippen LogP contribution in [0.4, 0.5) is 24.5 Å². The number of halogens is 3. The summed E-state index contributed by atoms with van der Waals surface area (Å²) in [7, 11) is -3.80. The van der Waals surface area contributed by atoms with E-state index in [-0.39, 0.29) is 10.6 Å². The first kappa shape index (κ1) is 15.3. The van der Waals surface area contributed by atoms with Gasteiger partial charge in [0, 0.05) is 11.4 Å². The molecule has 4 nitrogen and oxygen atoms in total. The first-order valence-electron chi connectivity index (χ1n) is 5.73. The van der Waals surface area contributed by atoms with E-state index in [4.69, 9.17) is 5.14 Å². The Morgan fingerprint density at radius 3 is 2.10 bits per heavy atom. The van der Waals surface area contributed by atoms with Crippen LogP contribution < -0.4 is 10.5 Å². The highest BCUT2D eigenvalue weighted by Crippen LogP contribution is 2.31. The molecule has 0 atom stereocenters. The van der Waals surface area contributed by atoms with Crippen LogP contribution in [0.5, 0.6) is 0 Å². The Labute approximate surface area is 119 Å². The van der Waals surface area contributed by atoms with Crippen LogP contribution in [0.3, 0.4) is 0 Å². The van der Waals surface area contributed by atoms with Crippen molar-refractivity contribution in [3.63, 3.8) is 0 Å². The highest BCUT2D eigenvalue weighted by atomic mass is 32.2. The molecule has 0 aliphatic rings. The third-order valence-electron chi connectivity index (χ3n) is 2.66. The summed E-state index contributed by atoms with van der Waals surface area (Å²) >= 11 is 0. The van der Waals surface area contributed by atoms with Crippen molar-refractivity contribution in [2.24, 2.45) is 5.14 Å². The molecule has 0 saturated carbocycles. The van der Waals surface area contributed by atoms with Gasteiger partial charge >= 0.3 is 6.18 Å². The zero-order valence-corrected chi connectivity index (χ0v) is 11.4. The minimum atomic E-state index is -4.42. The van der Waals surface area contributed by atoms with Gasteiger partial charge in [-0.2, -0.15) is 13.2 Å². The minimum Gasteiger partial charge on any atom is -0.356 e. The third kappa shape index (κ3) is 3.96. The quantitative estimate of drug-likeness (QED) is 0.914. The number of nitrogens with one attached hydrogen (secondary N) is 1. The van der Waals surface area contributed by atoms with Gasteiger partial charge in [0.2, 0.25) is 10.0 Å². The molecular weight excluding hydrogens is 305 g/mol. The van der Waals surface area contributed by atoms with E-state index in [2.05, 4.69) is 5.32 Å². The number of alkyl halides is 3. The van der Waals surface area contributed by atoms with E-state index >= 15 is 0 Å². The molecule has 8 heteroatoms. The van der Waals surface area contributed by atoms with Gasteiger partial charge < -0.3 is 5.32 Å². The molecule has 0 heterocycles. The number of hydrogen-bond acceptors (Lipinski definition) is 3. The standard InChI is InChI=1S/C13H11F3N2O2S/c14-13(15,16)9-2-1-3-11(8-9)18-10-4-6-12(7-5-10)21(17,19)20/h1-8,18H,(H2,17,19,20). The Bertz CT molecular complexity index is 741. The summed E-state index contributed by atoms with van der Waals surface area (Å²) in [5.74, 6) is 0. The summed E-state index contributed by atoms with van der Waals surface area (Å²) in [4.78, 5) is -0.0721. The van der Waals surface area contributed by atoms with E-state index < -0.39 is 21.8 Å². The van der Waals surface area contributed by atoms with Gasteiger partial charge in [-0.1, -0.05) is 6.07 Å². The number of benzene rings is 2. The van der Waals surface area contributed by atoms with Crippen LogP contribution in [0.2, 0.25) is 0 Å². The number of anilines is 2. The molecule has 0 spiro atoms. The van der Waals surface area contributed by atoms with Gasteiger partial charge in [-0.15, -0.1) is 0 Å².